The maximum atomic E-state index is 11.5. The Morgan fingerprint density at radius 1 is 1.40 bits per heavy atom. The molecule has 0 fully saturated rings. The number of hydrogen-bond acceptors (Lipinski definition) is 5. The van der Waals surface area contributed by atoms with Gasteiger partial charge in [-0.15, -0.1) is 0 Å². The normalized spacial score (nSPS) is 10.2. The predicted octanol–water partition coefficient (Wildman–Crippen LogP) is 0.730. The smallest absolute Gasteiger partial charge is 0.341 e. The number of aromatic nitrogens is 2. The number of anilines is 1. The van der Waals surface area contributed by atoms with Crippen LogP contribution in [0.15, 0.2) is 30.6 Å². The van der Waals surface area contributed by atoms with E-state index in [4.69, 9.17) is 16.2 Å². The second kappa shape index (κ2) is 5.43. The number of nitrogen functional groups attached to an aromatic ring is 1. The zero-order valence-electron chi connectivity index (χ0n) is 10.9. The fourth-order valence-electron chi connectivity index (χ4n) is 1.68. The molecule has 1 aromatic heterocycles. The highest BCUT2D eigenvalue weighted by Crippen LogP contribution is 2.17. The van der Waals surface area contributed by atoms with Crippen LogP contribution in [-0.4, -0.2) is 28.3 Å². The van der Waals surface area contributed by atoms with E-state index in [0.717, 1.165) is 0 Å². The molecule has 0 aliphatic carbocycles. The van der Waals surface area contributed by atoms with Gasteiger partial charge in [-0.2, -0.15) is 5.10 Å². The largest absolute Gasteiger partial charge is 0.462 e. The molecular weight excluding hydrogens is 260 g/mol. The van der Waals surface area contributed by atoms with Gasteiger partial charge in [-0.25, -0.2) is 9.48 Å². The Labute approximate surface area is 115 Å². The minimum absolute atomic E-state index is 0.204. The third-order valence-electron chi connectivity index (χ3n) is 2.66. The van der Waals surface area contributed by atoms with Crippen LogP contribution in [0.5, 0.6) is 0 Å². The summed E-state index contributed by atoms with van der Waals surface area (Å²) < 4.78 is 6.31. The van der Waals surface area contributed by atoms with E-state index in [1.165, 1.54) is 23.1 Å². The molecule has 7 nitrogen and oxygen atoms in total. The van der Waals surface area contributed by atoms with Crippen LogP contribution in [0.4, 0.5) is 5.69 Å². The Morgan fingerprint density at radius 2 is 2.15 bits per heavy atom. The molecule has 1 aromatic carbocycles. The second-order valence-electron chi connectivity index (χ2n) is 4.03. The third kappa shape index (κ3) is 2.61. The molecule has 1 amide bonds. The lowest BCUT2D eigenvalue weighted by Crippen LogP contribution is -2.14. The summed E-state index contributed by atoms with van der Waals surface area (Å²) in [5.74, 6) is -1.08. The SMILES string of the molecule is CCOC(=O)c1cnn(-c2ccc(N)c(C(N)=O)c2)c1. The van der Waals surface area contributed by atoms with Crippen molar-refractivity contribution < 1.29 is 14.3 Å². The van der Waals surface area contributed by atoms with Crippen LogP contribution in [0.3, 0.4) is 0 Å². The third-order valence-corrected chi connectivity index (χ3v) is 2.66. The Morgan fingerprint density at radius 3 is 2.80 bits per heavy atom. The van der Waals surface area contributed by atoms with Gasteiger partial charge in [0.15, 0.2) is 0 Å². The highest BCUT2D eigenvalue weighted by molar-refractivity contribution is 5.98. The predicted molar refractivity (Wildman–Crippen MR) is 72.5 cm³/mol. The summed E-state index contributed by atoms with van der Waals surface area (Å²) in [6.07, 6.45) is 2.90. The average Bonchev–Trinajstić information content (AvgIpc) is 2.89. The molecule has 7 heteroatoms. The van der Waals surface area contributed by atoms with E-state index in [9.17, 15) is 9.59 Å². The van der Waals surface area contributed by atoms with E-state index in [0.29, 0.717) is 16.9 Å². The van der Waals surface area contributed by atoms with E-state index >= 15 is 0 Å². The number of esters is 1. The number of carbonyl (C=O) groups excluding carboxylic acids is 2. The molecular formula is C13H14N4O3. The van der Waals surface area contributed by atoms with Crippen LogP contribution in [0.25, 0.3) is 5.69 Å². The summed E-state index contributed by atoms with van der Waals surface area (Å²) in [7, 11) is 0. The Balaban J connectivity index is 2.35. The summed E-state index contributed by atoms with van der Waals surface area (Å²) >= 11 is 0. The van der Waals surface area contributed by atoms with Crippen molar-refractivity contribution >= 4 is 17.6 Å². The topological polar surface area (TPSA) is 113 Å². The van der Waals surface area contributed by atoms with Crippen LogP contribution in [0, 0.1) is 0 Å². The van der Waals surface area contributed by atoms with Gasteiger partial charge >= 0.3 is 5.97 Å². The zero-order chi connectivity index (χ0) is 14.7. The molecule has 2 rings (SSSR count). The molecule has 0 saturated heterocycles. The fraction of sp³-hybridized carbons (Fsp3) is 0.154. The van der Waals surface area contributed by atoms with Gasteiger partial charge in [-0.3, -0.25) is 4.79 Å². The van der Waals surface area contributed by atoms with E-state index in [1.54, 1.807) is 19.1 Å². The fourth-order valence-corrected chi connectivity index (χ4v) is 1.68. The van der Waals surface area contributed by atoms with Gasteiger partial charge in [-0.05, 0) is 25.1 Å². The number of carbonyl (C=O) groups is 2. The van der Waals surface area contributed by atoms with Crippen LogP contribution in [0.1, 0.15) is 27.6 Å². The molecule has 104 valence electrons. The van der Waals surface area contributed by atoms with Gasteiger partial charge in [0.2, 0.25) is 0 Å². The lowest BCUT2D eigenvalue weighted by Gasteiger charge is -2.05. The quantitative estimate of drug-likeness (QED) is 0.630. The molecule has 0 unspecified atom stereocenters. The van der Waals surface area contributed by atoms with Crippen molar-refractivity contribution in [1.29, 1.82) is 0 Å². The van der Waals surface area contributed by atoms with Crippen LogP contribution in [0.2, 0.25) is 0 Å². The van der Waals surface area contributed by atoms with Crippen molar-refractivity contribution in [3.63, 3.8) is 0 Å². The molecule has 1 heterocycles. The Kier molecular flexibility index (Phi) is 3.69. The van der Waals surface area contributed by atoms with Crippen LogP contribution in [-0.2, 0) is 4.74 Å². The number of rotatable bonds is 4. The number of primary amides is 1. The van der Waals surface area contributed by atoms with E-state index < -0.39 is 11.9 Å². The van der Waals surface area contributed by atoms with Crippen molar-refractivity contribution in [3.05, 3.63) is 41.7 Å². The van der Waals surface area contributed by atoms with E-state index in [2.05, 4.69) is 5.10 Å². The number of hydrogen-bond donors (Lipinski definition) is 2. The number of amides is 1. The van der Waals surface area contributed by atoms with Crippen molar-refractivity contribution in [1.82, 2.24) is 9.78 Å². The lowest BCUT2D eigenvalue weighted by atomic mass is 10.1. The van der Waals surface area contributed by atoms with Gasteiger partial charge in [0.1, 0.15) is 0 Å². The first-order valence-electron chi connectivity index (χ1n) is 5.94. The molecule has 20 heavy (non-hydrogen) atoms. The summed E-state index contributed by atoms with van der Waals surface area (Å²) in [6, 6.07) is 4.74. The summed E-state index contributed by atoms with van der Waals surface area (Å²) in [6.45, 7) is 2.01. The highest BCUT2D eigenvalue weighted by atomic mass is 16.5. The minimum atomic E-state index is -0.623. The standard InChI is InChI=1S/C13H14N4O3/c1-2-20-13(19)8-6-16-17(7-8)9-3-4-11(14)10(5-9)12(15)18/h3-7H,2,14H2,1H3,(H2,15,18). The highest BCUT2D eigenvalue weighted by Gasteiger charge is 2.12. The van der Waals surface area contributed by atoms with Gasteiger partial charge in [0.05, 0.1) is 29.6 Å². The van der Waals surface area contributed by atoms with Crippen molar-refractivity contribution in [2.75, 3.05) is 12.3 Å². The van der Waals surface area contributed by atoms with Crippen molar-refractivity contribution in [3.8, 4) is 5.69 Å². The molecule has 2 aromatic rings. The molecule has 4 N–H and O–H groups in total. The van der Waals surface area contributed by atoms with Gasteiger partial charge in [-0.1, -0.05) is 0 Å². The van der Waals surface area contributed by atoms with Crippen molar-refractivity contribution in [2.24, 2.45) is 5.73 Å². The maximum Gasteiger partial charge on any atom is 0.341 e. The van der Waals surface area contributed by atoms with Crippen LogP contribution >= 0.6 is 0 Å². The number of nitrogens with zero attached hydrogens (tertiary/aromatic N) is 2. The average molecular weight is 274 g/mol. The minimum Gasteiger partial charge on any atom is -0.462 e. The van der Waals surface area contributed by atoms with Crippen LogP contribution < -0.4 is 11.5 Å². The van der Waals surface area contributed by atoms with Gasteiger partial charge in [0.25, 0.3) is 5.91 Å². The molecule has 0 spiro atoms. The first-order chi connectivity index (χ1) is 9.52. The van der Waals surface area contributed by atoms with E-state index in [1.807, 2.05) is 0 Å². The Bertz CT molecular complexity index is 663. The molecule has 0 radical (unpaired) electrons. The summed E-state index contributed by atoms with van der Waals surface area (Å²) in [4.78, 5) is 22.8. The molecule has 0 bridgehead atoms. The zero-order valence-corrected chi connectivity index (χ0v) is 10.9. The lowest BCUT2D eigenvalue weighted by molar-refractivity contribution is 0.0526. The number of nitrogens with two attached hydrogens (primary N) is 2. The molecule has 0 aliphatic heterocycles. The first-order valence-corrected chi connectivity index (χ1v) is 5.94. The molecule has 0 saturated carbocycles. The second-order valence-corrected chi connectivity index (χ2v) is 4.03. The van der Waals surface area contributed by atoms with Gasteiger partial charge in [0, 0.05) is 11.9 Å². The molecule has 0 atom stereocenters. The first kappa shape index (κ1) is 13.6. The maximum absolute atomic E-state index is 11.5. The summed E-state index contributed by atoms with van der Waals surface area (Å²) in [5.41, 5.74) is 12.3. The van der Waals surface area contributed by atoms with E-state index in [-0.39, 0.29) is 12.2 Å². The summed E-state index contributed by atoms with van der Waals surface area (Å²) in [5, 5.41) is 4.04. The monoisotopic (exact) mass is 274 g/mol. The number of ether oxygens (including phenoxy) is 1. The number of benzene rings is 1. The van der Waals surface area contributed by atoms with Crippen molar-refractivity contribution in [2.45, 2.75) is 6.92 Å². The Hall–Kier alpha value is -2.83. The van der Waals surface area contributed by atoms with Gasteiger partial charge < -0.3 is 16.2 Å². The molecule has 0 aliphatic rings.